The molecule has 0 spiro atoms. The van der Waals surface area contributed by atoms with Crippen molar-refractivity contribution < 1.29 is 9.59 Å². The Morgan fingerprint density at radius 1 is 1.12 bits per heavy atom. The van der Waals surface area contributed by atoms with Gasteiger partial charge in [0.05, 0.1) is 13.1 Å². The van der Waals surface area contributed by atoms with Gasteiger partial charge in [0, 0.05) is 13.5 Å². The van der Waals surface area contributed by atoms with Crippen LogP contribution < -0.4 is 5.32 Å². The van der Waals surface area contributed by atoms with Crippen molar-refractivity contribution in [3.8, 4) is 0 Å². The van der Waals surface area contributed by atoms with Crippen LogP contribution in [0.4, 0.5) is 0 Å². The van der Waals surface area contributed by atoms with Gasteiger partial charge in [0.1, 0.15) is 0 Å². The Morgan fingerprint density at radius 3 is 2.35 bits per heavy atom. The Balaban J connectivity index is 3.67. The molecule has 1 N–H and O–H groups in total. The topological polar surface area (TPSA) is 49.4 Å². The average molecular weight is 242 g/mol. The van der Waals surface area contributed by atoms with Gasteiger partial charge in [0.25, 0.3) is 0 Å². The third kappa shape index (κ3) is 8.86. The number of nitrogens with zero attached hydrogens (tertiary/aromatic N) is 1. The van der Waals surface area contributed by atoms with E-state index < -0.39 is 0 Å². The first-order valence-electron chi connectivity index (χ1n) is 6.58. The lowest BCUT2D eigenvalue weighted by atomic mass is 10.2. The van der Waals surface area contributed by atoms with Crippen molar-refractivity contribution in [3.05, 3.63) is 0 Å². The number of nitrogens with one attached hydrogen (secondary N) is 1. The lowest BCUT2D eigenvalue weighted by Gasteiger charge is -2.16. The van der Waals surface area contributed by atoms with Gasteiger partial charge >= 0.3 is 0 Å². The van der Waals surface area contributed by atoms with E-state index in [1.807, 2.05) is 0 Å². The summed E-state index contributed by atoms with van der Waals surface area (Å²) in [7, 11) is 1.70. The summed E-state index contributed by atoms with van der Waals surface area (Å²) in [5.74, 6) is 0.141. The smallest absolute Gasteiger partial charge is 0.222 e. The molecule has 1 amide bonds. The molecule has 0 aromatic carbocycles. The number of carbonyl (C=O) groups excluding carboxylic acids is 2. The zero-order chi connectivity index (χ0) is 13.1. The number of ketones is 1. The van der Waals surface area contributed by atoms with E-state index >= 15 is 0 Å². The minimum absolute atomic E-state index is 0.0637. The lowest BCUT2D eigenvalue weighted by Crippen LogP contribution is -2.36. The second-order valence-electron chi connectivity index (χ2n) is 4.42. The number of hydrogen-bond donors (Lipinski definition) is 1. The van der Waals surface area contributed by atoms with Gasteiger partial charge in [0.2, 0.25) is 5.91 Å². The summed E-state index contributed by atoms with van der Waals surface area (Å²) in [6, 6.07) is 0. The first kappa shape index (κ1) is 16.1. The molecule has 0 radical (unpaired) electrons. The predicted octanol–water partition coefficient (Wildman–Crippen LogP) is 1.59. The summed E-state index contributed by atoms with van der Waals surface area (Å²) in [5, 5.41) is 3.09. The number of unbranched alkanes of at least 4 members (excludes halogenated alkanes) is 2. The van der Waals surface area contributed by atoms with Crippen LogP contribution in [0.2, 0.25) is 0 Å². The molecule has 0 aromatic rings. The molecule has 0 unspecified atom stereocenters. The first-order chi connectivity index (χ1) is 8.11. The molecule has 0 rings (SSSR count). The van der Waals surface area contributed by atoms with Crippen LogP contribution in [0.5, 0.6) is 0 Å². The molecule has 0 fully saturated rings. The van der Waals surface area contributed by atoms with E-state index in [1.165, 1.54) is 4.90 Å². The molecule has 0 bridgehead atoms. The van der Waals surface area contributed by atoms with Gasteiger partial charge in [-0.1, -0.05) is 26.7 Å². The fraction of sp³-hybridized carbons (Fsp3) is 0.846. The molecule has 100 valence electrons. The molecule has 0 aliphatic carbocycles. The Hall–Kier alpha value is -0.900. The van der Waals surface area contributed by atoms with Crippen LogP contribution in [-0.4, -0.2) is 43.3 Å². The Morgan fingerprint density at radius 2 is 1.76 bits per heavy atom. The maximum Gasteiger partial charge on any atom is 0.222 e. The quantitative estimate of drug-likeness (QED) is 0.592. The maximum absolute atomic E-state index is 11.6. The number of rotatable bonds is 10. The number of Topliss-reactive ketones (excluding diaryl/α,β-unsaturated/α-hetero) is 1. The lowest BCUT2D eigenvalue weighted by molar-refractivity contribution is -0.133. The zero-order valence-corrected chi connectivity index (χ0v) is 11.4. The highest BCUT2D eigenvalue weighted by Crippen LogP contribution is 1.98. The summed E-state index contributed by atoms with van der Waals surface area (Å²) >= 11 is 0. The van der Waals surface area contributed by atoms with E-state index in [1.54, 1.807) is 7.05 Å². The Kier molecular flexibility index (Phi) is 9.72. The molecule has 4 heteroatoms. The monoisotopic (exact) mass is 242 g/mol. The number of amides is 1. The highest BCUT2D eigenvalue weighted by atomic mass is 16.2. The third-order valence-corrected chi connectivity index (χ3v) is 2.61. The molecule has 0 heterocycles. The largest absolute Gasteiger partial charge is 0.338 e. The summed E-state index contributed by atoms with van der Waals surface area (Å²) < 4.78 is 0. The van der Waals surface area contributed by atoms with E-state index in [2.05, 4.69) is 19.2 Å². The second-order valence-corrected chi connectivity index (χ2v) is 4.42. The molecular formula is C13H26N2O2. The molecule has 0 atom stereocenters. The second kappa shape index (κ2) is 10.3. The van der Waals surface area contributed by atoms with Crippen LogP contribution in [0, 0.1) is 0 Å². The van der Waals surface area contributed by atoms with Crippen LogP contribution >= 0.6 is 0 Å². The number of hydrogen-bond acceptors (Lipinski definition) is 3. The SMILES string of the molecule is CCCCNCC(=O)CN(C)C(=O)CCCC. The van der Waals surface area contributed by atoms with Gasteiger partial charge in [-0.05, 0) is 19.4 Å². The van der Waals surface area contributed by atoms with Crippen molar-refractivity contribution in [2.45, 2.75) is 46.0 Å². The van der Waals surface area contributed by atoms with Gasteiger partial charge in [0.15, 0.2) is 5.78 Å². The van der Waals surface area contributed by atoms with Crippen LogP contribution in [0.1, 0.15) is 46.0 Å². The first-order valence-corrected chi connectivity index (χ1v) is 6.58. The maximum atomic E-state index is 11.6. The van der Waals surface area contributed by atoms with Crippen LogP contribution in [0.25, 0.3) is 0 Å². The summed E-state index contributed by atoms with van der Waals surface area (Å²) in [4.78, 5) is 24.6. The van der Waals surface area contributed by atoms with E-state index in [0.717, 1.165) is 32.2 Å². The van der Waals surface area contributed by atoms with E-state index in [-0.39, 0.29) is 18.2 Å². The predicted molar refractivity (Wildman–Crippen MR) is 69.9 cm³/mol. The van der Waals surface area contributed by atoms with Gasteiger partial charge in [-0.15, -0.1) is 0 Å². The van der Waals surface area contributed by atoms with Crippen molar-refractivity contribution in [2.75, 3.05) is 26.7 Å². The molecule has 0 saturated carbocycles. The fourth-order valence-corrected chi connectivity index (χ4v) is 1.46. The van der Waals surface area contributed by atoms with Crippen molar-refractivity contribution in [2.24, 2.45) is 0 Å². The third-order valence-electron chi connectivity index (χ3n) is 2.61. The van der Waals surface area contributed by atoms with Crippen LogP contribution in [0.15, 0.2) is 0 Å². The van der Waals surface area contributed by atoms with Gasteiger partial charge < -0.3 is 10.2 Å². The normalized spacial score (nSPS) is 10.3. The van der Waals surface area contributed by atoms with E-state index in [4.69, 9.17) is 0 Å². The molecular weight excluding hydrogens is 216 g/mol. The Bertz CT molecular complexity index is 229. The van der Waals surface area contributed by atoms with Gasteiger partial charge in [-0.2, -0.15) is 0 Å². The minimum atomic E-state index is 0.0637. The summed E-state index contributed by atoms with van der Waals surface area (Å²) in [6.45, 7) is 5.63. The molecule has 4 nitrogen and oxygen atoms in total. The fourth-order valence-electron chi connectivity index (χ4n) is 1.46. The zero-order valence-electron chi connectivity index (χ0n) is 11.4. The van der Waals surface area contributed by atoms with Gasteiger partial charge in [-0.3, -0.25) is 9.59 Å². The summed E-state index contributed by atoms with van der Waals surface area (Å²) in [6.07, 6.45) is 4.65. The molecule has 0 aliphatic heterocycles. The van der Waals surface area contributed by atoms with E-state index in [9.17, 15) is 9.59 Å². The number of likely N-dealkylation sites (N-methyl/N-ethyl adjacent to an activating group) is 1. The van der Waals surface area contributed by atoms with Crippen molar-refractivity contribution in [1.82, 2.24) is 10.2 Å². The standard InChI is InChI=1S/C13H26N2O2/c1-4-6-8-13(17)15(3)11-12(16)10-14-9-7-5-2/h14H,4-11H2,1-3H3. The summed E-state index contributed by atoms with van der Waals surface area (Å²) in [5.41, 5.74) is 0. The Labute approximate surface area is 105 Å². The average Bonchev–Trinajstić information content (AvgIpc) is 2.31. The van der Waals surface area contributed by atoms with Crippen LogP contribution in [0.3, 0.4) is 0 Å². The molecule has 0 aromatic heterocycles. The minimum Gasteiger partial charge on any atom is -0.338 e. The highest BCUT2D eigenvalue weighted by molar-refractivity contribution is 5.87. The van der Waals surface area contributed by atoms with Crippen molar-refractivity contribution in [1.29, 1.82) is 0 Å². The highest BCUT2D eigenvalue weighted by Gasteiger charge is 2.11. The number of carbonyl (C=O) groups is 2. The molecule has 17 heavy (non-hydrogen) atoms. The van der Waals surface area contributed by atoms with Crippen molar-refractivity contribution >= 4 is 11.7 Å². The van der Waals surface area contributed by atoms with E-state index in [0.29, 0.717) is 13.0 Å². The van der Waals surface area contributed by atoms with Crippen LogP contribution in [-0.2, 0) is 9.59 Å². The molecule has 0 saturated heterocycles. The molecule has 0 aliphatic rings. The van der Waals surface area contributed by atoms with Crippen molar-refractivity contribution in [3.63, 3.8) is 0 Å². The van der Waals surface area contributed by atoms with Gasteiger partial charge in [-0.25, -0.2) is 0 Å².